The summed E-state index contributed by atoms with van der Waals surface area (Å²) in [6.07, 6.45) is 5.60. The predicted octanol–water partition coefficient (Wildman–Crippen LogP) is -0.184. The zero-order valence-corrected chi connectivity index (χ0v) is 16.4. The Morgan fingerprint density at radius 1 is 0.815 bits per heavy atom. The van der Waals surface area contributed by atoms with E-state index in [0.29, 0.717) is 45.2 Å². The lowest BCUT2D eigenvalue weighted by atomic mass is 10.0. The molecule has 0 fully saturated rings. The van der Waals surface area contributed by atoms with Crippen LogP contribution in [0.15, 0.2) is 0 Å². The first kappa shape index (κ1) is 25.3. The maximum absolute atomic E-state index is 12.5. The minimum atomic E-state index is -1.10. The first-order valence-corrected chi connectivity index (χ1v) is 9.86. The van der Waals surface area contributed by atoms with Crippen LogP contribution in [0.1, 0.15) is 64.7 Å². The molecule has 0 aliphatic heterocycles. The molecule has 0 unspecified atom stereocenters. The number of rotatable bonds is 16. The molecule has 9 heteroatoms. The summed E-state index contributed by atoms with van der Waals surface area (Å²) in [5.74, 6) is -2.00. The van der Waals surface area contributed by atoms with Crippen molar-refractivity contribution in [3.05, 3.63) is 0 Å². The summed E-state index contributed by atoms with van der Waals surface area (Å²) in [6.45, 7) is 2.98. The highest BCUT2D eigenvalue weighted by atomic mass is 16.4. The van der Waals surface area contributed by atoms with Gasteiger partial charge in [0.05, 0.1) is 6.04 Å². The fraction of sp³-hybridized carbons (Fsp3) is 0.833. The summed E-state index contributed by atoms with van der Waals surface area (Å²) < 4.78 is 0. The SMILES string of the molecule is CCCC[C@H](NC(=O)[C@@H](N)CCCCN)C(=O)N[C@@H](CCCCN)C(=O)O. The average molecular weight is 388 g/mol. The molecule has 0 rings (SSSR count). The summed E-state index contributed by atoms with van der Waals surface area (Å²) in [4.78, 5) is 36.2. The molecule has 0 aliphatic rings. The normalized spacial score (nSPS) is 14.2. The summed E-state index contributed by atoms with van der Waals surface area (Å²) in [5.41, 5.74) is 16.7. The van der Waals surface area contributed by atoms with Crippen LogP contribution in [-0.2, 0) is 14.4 Å². The van der Waals surface area contributed by atoms with Crippen molar-refractivity contribution >= 4 is 17.8 Å². The number of carbonyl (C=O) groups excluding carboxylic acids is 2. The third-order valence-electron chi connectivity index (χ3n) is 4.35. The Morgan fingerprint density at radius 3 is 1.85 bits per heavy atom. The smallest absolute Gasteiger partial charge is 0.326 e. The third kappa shape index (κ3) is 11.6. The lowest BCUT2D eigenvalue weighted by molar-refractivity contribution is -0.142. The van der Waals surface area contributed by atoms with Gasteiger partial charge in [-0.05, 0) is 51.6 Å². The lowest BCUT2D eigenvalue weighted by Gasteiger charge is -2.23. The van der Waals surface area contributed by atoms with E-state index in [2.05, 4.69) is 10.6 Å². The van der Waals surface area contributed by atoms with Gasteiger partial charge in [-0.2, -0.15) is 0 Å². The lowest BCUT2D eigenvalue weighted by Crippen LogP contribution is -2.54. The molecular weight excluding hydrogens is 350 g/mol. The molecule has 9 N–H and O–H groups in total. The monoisotopic (exact) mass is 387 g/mol. The zero-order chi connectivity index (χ0) is 20.7. The average Bonchev–Trinajstić information content (AvgIpc) is 2.63. The molecule has 0 heterocycles. The van der Waals surface area contributed by atoms with E-state index in [-0.39, 0.29) is 0 Å². The van der Waals surface area contributed by atoms with Gasteiger partial charge in [0.25, 0.3) is 0 Å². The molecule has 9 nitrogen and oxygen atoms in total. The summed E-state index contributed by atoms with van der Waals surface area (Å²) in [5, 5.41) is 14.5. The largest absolute Gasteiger partial charge is 0.480 e. The molecule has 0 aromatic carbocycles. The third-order valence-corrected chi connectivity index (χ3v) is 4.35. The number of carboxylic acid groups (broad SMARTS) is 1. The highest BCUT2D eigenvalue weighted by molar-refractivity contribution is 5.91. The quantitative estimate of drug-likeness (QED) is 0.199. The molecule has 0 spiro atoms. The maximum atomic E-state index is 12.5. The van der Waals surface area contributed by atoms with Crippen molar-refractivity contribution in [1.82, 2.24) is 10.6 Å². The second-order valence-corrected chi connectivity index (χ2v) is 6.78. The standard InChI is InChI=1S/C18H37N5O4/c1-2-3-9-14(22-16(24)13(21)8-4-6-11-19)17(25)23-15(18(26)27)10-5-7-12-20/h13-15H,2-12,19-21H2,1H3,(H,22,24)(H,23,25)(H,26,27)/t13-,14-,15-/m0/s1. The molecule has 0 saturated heterocycles. The molecule has 0 radical (unpaired) electrons. The van der Waals surface area contributed by atoms with Gasteiger partial charge in [-0.15, -0.1) is 0 Å². The highest BCUT2D eigenvalue weighted by Gasteiger charge is 2.27. The molecule has 0 aromatic rings. The van der Waals surface area contributed by atoms with E-state index in [9.17, 15) is 19.5 Å². The Labute approximate surface area is 161 Å². The second-order valence-electron chi connectivity index (χ2n) is 6.78. The van der Waals surface area contributed by atoms with Gasteiger partial charge in [0, 0.05) is 0 Å². The van der Waals surface area contributed by atoms with Gasteiger partial charge in [0.1, 0.15) is 12.1 Å². The molecule has 3 atom stereocenters. The van der Waals surface area contributed by atoms with Gasteiger partial charge in [0.15, 0.2) is 0 Å². The molecule has 0 saturated carbocycles. The van der Waals surface area contributed by atoms with Gasteiger partial charge in [-0.3, -0.25) is 9.59 Å². The Morgan fingerprint density at radius 2 is 1.33 bits per heavy atom. The summed E-state index contributed by atoms with van der Waals surface area (Å²) in [7, 11) is 0. The van der Waals surface area contributed by atoms with Gasteiger partial charge in [-0.25, -0.2) is 4.79 Å². The van der Waals surface area contributed by atoms with Crippen LogP contribution >= 0.6 is 0 Å². The molecule has 2 amide bonds. The van der Waals surface area contributed by atoms with E-state index in [1.807, 2.05) is 6.92 Å². The molecule has 158 valence electrons. The zero-order valence-electron chi connectivity index (χ0n) is 16.4. The van der Waals surface area contributed by atoms with Gasteiger partial charge in [0.2, 0.25) is 11.8 Å². The van der Waals surface area contributed by atoms with Gasteiger partial charge < -0.3 is 32.9 Å². The Hall–Kier alpha value is -1.71. The topological polar surface area (TPSA) is 174 Å². The summed E-state index contributed by atoms with van der Waals surface area (Å²) >= 11 is 0. The number of unbranched alkanes of at least 4 members (excludes halogenated alkanes) is 3. The maximum Gasteiger partial charge on any atom is 0.326 e. The van der Waals surface area contributed by atoms with Crippen LogP contribution in [0.4, 0.5) is 0 Å². The van der Waals surface area contributed by atoms with Crippen molar-refractivity contribution in [3.8, 4) is 0 Å². The number of nitrogens with two attached hydrogens (primary N) is 3. The van der Waals surface area contributed by atoms with E-state index in [1.165, 1.54) is 0 Å². The van der Waals surface area contributed by atoms with Crippen molar-refractivity contribution in [3.63, 3.8) is 0 Å². The highest BCUT2D eigenvalue weighted by Crippen LogP contribution is 2.06. The second kappa shape index (κ2) is 15.4. The molecular formula is C18H37N5O4. The van der Waals surface area contributed by atoms with Crippen molar-refractivity contribution in [2.24, 2.45) is 17.2 Å². The van der Waals surface area contributed by atoms with Crippen molar-refractivity contribution in [1.29, 1.82) is 0 Å². The molecule has 0 aliphatic carbocycles. The number of hydrogen-bond donors (Lipinski definition) is 6. The molecule has 27 heavy (non-hydrogen) atoms. The van der Waals surface area contributed by atoms with E-state index >= 15 is 0 Å². The minimum absolute atomic E-state index is 0.297. The van der Waals surface area contributed by atoms with Crippen LogP contribution in [0.2, 0.25) is 0 Å². The van der Waals surface area contributed by atoms with Crippen LogP contribution < -0.4 is 27.8 Å². The van der Waals surface area contributed by atoms with E-state index < -0.39 is 35.9 Å². The van der Waals surface area contributed by atoms with Crippen molar-refractivity contribution < 1.29 is 19.5 Å². The number of carboxylic acids is 1. The first-order chi connectivity index (χ1) is 12.9. The van der Waals surface area contributed by atoms with Gasteiger partial charge >= 0.3 is 5.97 Å². The predicted molar refractivity (Wildman–Crippen MR) is 105 cm³/mol. The minimum Gasteiger partial charge on any atom is -0.480 e. The van der Waals surface area contributed by atoms with E-state index in [4.69, 9.17) is 17.2 Å². The van der Waals surface area contributed by atoms with Crippen LogP contribution in [-0.4, -0.2) is 54.1 Å². The fourth-order valence-electron chi connectivity index (χ4n) is 2.62. The molecule has 0 aromatic heterocycles. The molecule has 0 bridgehead atoms. The van der Waals surface area contributed by atoms with Crippen LogP contribution in [0, 0.1) is 0 Å². The number of aliphatic carboxylic acids is 1. The van der Waals surface area contributed by atoms with E-state index in [1.54, 1.807) is 0 Å². The summed E-state index contributed by atoms with van der Waals surface area (Å²) in [6, 6.07) is -2.51. The number of amides is 2. The van der Waals surface area contributed by atoms with Crippen molar-refractivity contribution in [2.45, 2.75) is 82.8 Å². The van der Waals surface area contributed by atoms with Gasteiger partial charge in [-0.1, -0.05) is 26.2 Å². The van der Waals surface area contributed by atoms with Crippen LogP contribution in [0.3, 0.4) is 0 Å². The van der Waals surface area contributed by atoms with Crippen LogP contribution in [0.5, 0.6) is 0 Å². The van der Waals surface area contributed by atoms with Crippen LogP contribution in [0.25, 0.3) is 0 Å². The number of carbonyl (C=O) groups is 3. The Bertz CT molecular complexity index is 447. The fourth-order valence-corrected chi connectivity index (χ4v) is 2.62. The number of hydrogen-bond acceptors (Lipinski definition) is 6. The Balaban J connectivity index is 4.80. The number of nitrogens with one attached hydrogen (secondary N) is 2. The van der Waals surface area contributed by atoms with E-state index in [0.717, 1.165) is 25.7 Å². The van der Waals surface area contributed by atoms with Crippen molar-refractivity contribution in [2.75, 3.05) is 13.1 Å². The Kier molecular flexibility index (Phi) is 14.4. The first-order valence-electron chi connectivity index (χ1n) is 9.86.